The van der Waals surface area contributed by atoms with Crippen LogP contribution in [0.4, 0.5) is 0 Å². The fourth-order valence-corrected chi connectivity index (χ4v) is 1.47. The van der Waals surface area contributed by atoms with Gasteiger partial charge in [-0.2, -0.15) is 0 Å². The van der Waals surface area contributed by atoms with Crippen LogP contribution in [0.1, 0.15) is 12.5 Å². The van der Waals surface area contributed by atoms with Crippen molar-refractivity contribution in [3.8, 4) is 0 Å². The first-order valence-corrected chi connectivity index (χ1v) is 5.48. The minimum atomic E-state index is 0. The van der Waals surface area contributed by atoms with E-state index in [1.807, 2.05) is 0 Å². The molecule has 15 heavy (non-hydrogen) atoms. The van der Waals surface area contributed by atoms with Crippen molar-refractivity contribution in [2.45, 2.75) is 19.5 Å². The number of halogens is 2. The predicted octanol–water partition coefficient (Wildman–Crippen LogP) is 3.00. The molecule has 1 aromatic carbocycles. The highest BCUT2D eigenvalue weighted by molar-refractivity contribution is 9.10. The van der Waals surface area contributed by atoms with Crippen molar-refractivity contribution in [2.75, 3.05) is 13.7 Å². The van der Waals surface area contributed by atoms with Crippen LogP contribution < -0.4 is 5.32 Å². The highest BCUT2D eigenvalue weighted by Crippen LogP contribution is 2.10. The average Bonchev–Trinajstić information content (AvgIpc) is 2.17. The summed E-state index contributed by atoms with van der Waals surface area (Å²) in [5.41, 5.74) is 1.29. The van der Waals surface area contributed by atoms with Crippen LogP contribution in [0.25, 0.3) is 0 Å². The zero-order valence-electron chi connectivity index (χ0n) is 9.00. The maximum absolute atomic E-state index is 5.04. The van der Waals surface area contributed by atoms with Gasteiger partial charge in [-0.3, -0.25) is 0 Å². The Labute approximate surface area is 106 Å². The SMILES string of the molecule is COCC(C)NCc1ccc(Br)cc1.Cl. The number of nitrogens with one attached hydrogen (secondary N) is 1. The van der Waals surface area contributed by atoms with Crippen LogP contribution in [0.2, 0.25) is 0 Å². The van der Waals surface area contributed by atoms with Crippen LogP contribution in [-0.2, 0) is 11.3 Å². The molecule has 0 saturated carbocycles. The molecule has 1 aromatic rings. The van der Waals surface area contributed by atoms with Crippen LogP contribution >= 0.6 is 28.3 Å². The second-order valence-electron chi connectivity index (χ2n) is 3.36. The standard InChI is InChI=1S/C11H16BrNO.ClH/c1-9(8-14-2)13-7-10-3-5-11(12)6-4-10;/h3-6,9,13H,7-8H2,1-2H3;1H. The predicted molar refractivity (Wildman–Crippen MR) is 69.6 cm³/mol. The van der Waals surface area contributed by atoms with Gasteiger partial charge in [-0.25, -0.2) is 0 Å². The van der Waals surface area contributed by atoms with Gasteiger partial charge in [0.05, 0.1) is 6.61 Å². The molecule has 86 valence electrons. The largest absolute Gasteiger partial charge is 0.383 e. The van der Waals surface area contributed by atoms with Crippen LogP contribution in [-0.4, -0.2) is 19.8 Å². The first-order chi connectivity index (χ1) is 6.72. The fourth-order valence-electron chi connectivity index (χ4n) is 1.20. The monoisotopic (exact) mass is 293 g/mol. The smallest absolute Gasteiger partial charge is 0.0613 e. The number of hydrogen-bond donors (Lipinski definition) is 1. The van der Waals surface area contributed by atoms with Crippen molar-refractivity contribution in [1.82, 2.24) is 5.32 Å². The molecule has 0 amide bonds. The lowest BCUT2D eigenvalue weighted by molar-refractivity contribution is 0.171. The quantitative estimate of drug-likeness (QED) is 0.901. The lowest BCUT2D eigenvalue weighted by Crippen LogP contribution is -2.29. The minimum absolute atomic E-state index is 0. The Kier molecular flexibility index (Phi) is 8.06. The maximum atomic E-state index is 5.04. The van der Waals surface area contributed by atoms with Crippen molar-refractivity contribution in [2.24, 2.45) is 0 Å². The van der Waals surface area contributed by atoms with Gasteiger partial charge in [-0.1, -0.05) is 28.1 Å². The topological polar surface area (TPSA) is 21.3 Å². The van der Waals surface area contributed by atoms with Gasteiger partial charge >= 0.3 is 0 Å². The van der Waals surface area contributed by atoms with Gasteiger partial charge in [-0.15, -0.1) is 12.4 Å². The summed E-state index contributed by atoms with van der Waals surface area (Å²) in [6.45, 7) is 3.75. The summed E-state index contributed by atoms with van der Waals surface area (Å²) in [6, 6.07) is 8.71. The van der Waals surface area contributed by atoms with E-state index in [-0.39, 0.29) is 12.4 Å². The highest BCUT2D eigenvalue weighted by atomic mass is 79.9. The van der Waals surface area contributed by atoms with Crippen molar-refractivity contribution < 1.29 is 4.74 Å². The molecule has 0 bridgehead atoms. The van der Waals surface area contributed by atoms with Gasteiger partial charge in [0.15, 0.2) is 0 Å². The van der Waals surface area contributed by atoms with E-state index in [1.54, 1.807) is 7.11 Å². The van der Waals surface area contributed by atoms with Crippen LogP contribution in [0.3, 0.4) is 0 Å². The Bertz CT molecular complexity index is 266. The van der Waals surface area contributed by atoms with Gasteiger partial charge in [0.25, 0.3) is 0 Å². The second-order valence-corrected chi connectivity index (χ2v) is 4.28. The van der Waals surface area contributed by atoms with E-state index in [0.717, 1.165) is 17.6 Å². The van der Waals surface area contributed by atoms with Gasteiger partial charge in [0.1, 0.15) is 0 Å². The Morgan fingerprint density at radius 3 is 2.47 bits per heavy atom. The molecule has 0 aliphatic carbocycles. The fraction of sp³-hybridized carbons (Fsp3) is 0.455. The zero-order chi connectivity index (χ0) is 10.4. The van der Waals surface area contributed by atoms with E-state index in [0.29, 0.717) is 6.04 Å². The van der Waals surface area contributed by atoms with Gasteiger partial charge in [0.2, 0.25) is 0 Å². The summed E-state index contributed by atoms with van der Waals surface area (Å²) in [7, 11) is 1.72. The number of benzene rings is 1. The van der Waals surface area contributed by atoms with Gasteiger partial charge in [-0.05, 0) is 24.6 Å². The van der Waals surface area contributed by atoms with Crippen molar-refractivity contribution >= 4 is 28.3 Å². The van der Waals surface area contributed by atoms with Gasteiger partial charge in [0, 0.05) is 24.2 Å². The molecule has 0 aromatic heterocycles. The summed E-state index contributed by atoms with van der Waals surface area (Å²) in [5, 5.41) is 3.38. The molecule has 0 aliphatic rings. The molecule has 1 atom stereocenters. The molecule has 1 rings (SSSR count). The van der Waals surface area contributed by atoms with Gasteiger partial charge < -0.3 is 10.1 Å². The van der Waals surface area contributed by atoms with Crippen LogP contribution in [0.15, 0.2) is 28.7 Å². The first kappa shape index (κ1) is 14.9. The summed E-state index contributed by atoms with van der Waals surface area (Å²) < 4.78 is 6.16. The molecule has 1 N–H and O–H groups in total. The Morgan fingerprint density at radius 2 is 1.93 bits per heavy atom. The molecule has 0 saturated heterocycles. The second kappa shape index (κ2) is 8.11. The molecule has 0 radical (unpaired) electrons. The van der Waals surface area contributed by atoms with E-state index in [1.165, 1.54) is 5.56 Å². The first-order valence-electron chi connectivity index (χ1n) is 4.69. The summed E-state index contributed by atoms with van der Waals surface area (Å²) in [4.78, 5) is 0. The number of hydrogen-bond acceptors (Lipinski definition) is 2. The number of methoxy groups -OCH3 is 1. The molecule has 4 heteroatoms. The molecule has 2 nitrogen and oxygen atoms in total. The van der Waals surface area contributed by atoms with Crippen LogP contribution in [0.5, 0.6) is 0 Å². The molecular weight excluding hydrogens is 277 g/mol. The van der Waals surface area contributed by atoms with Crippen molar-refractivity contribution in [3.63, 3.8) is 0 Å². The Morgan fingerprint density at radius 1 is 1.33 bits per heavy atom. The van der Waals surface area contributed by atoms with Crippen molar-refractivity contribution in [1.29, 1.82) is 0 Å². The highest BCUT2D eigenvalue weighted by Gasteiger charge is 1.99. The third kappa shape index (κ3) is 6.15. The van der Waals surface area contributed by atoms with Crippen molar-refractivity contribution in [3.05, 3.63) is 34.3 Å². The number of ether oxygens (including phenoxy) is 1. The molecule has 1 unspecified atom stereocenters. The van der Waals surface area contributed by atoms with E-state index >= 15 is 0 Å². The molecule has 0 heterocycles. The molecule has 0 fully saturated rings. The third-order valence-corrected chi connectivity index (χ3v) is 2.51. The van der Waals surface area contributed by atoms with E-state index < -0.39 is 0 Å². The summed E-state index contributed by atoms with van der Waals surface area (Å²) in [5.74, 6) is 0. The lowest BCUT2D eigenvalue weighted by atomic mass is 10.2. The third-order valence-electron chi connectivity index (χ3n) is 1.98. The molecule has 0 spiro atoms. The van der Waals surface area contributed by atoms with E-state index in [2.05, 4.69) is 52.4 Å². The Balaban J connectivity index is 0.00000196. The van der Waals surface area contributed by atoms with E-state index in [4.69, 9.17) is 4.74 Å². The number of rotatable bonds is 5. The summed E-state index contributed by atoms with van der Waals surface area (Å²) in [6.07, 6.45) is 0. The van der Waals surface area contributed by atoms with E-state index in [9.17, 15) is 0 Å². The Hall–Kier alpha value is -0.0900. The summed E-state index contributed by atoms with van der Waals surface area (Å²) >= 11 is 3.41. The molecular formula is C11H17BrClNO. The molecule has 0 aliphatic heterocycles. The maximum Gasteiger partial charge on any atom is 0.0613 e. The lowest BCUT2D eigenvalue weighted by Gasteiger charge is -2.12. The van der Waals surface area contributed by atoms with Crippen LogP contribution in [0, 0.1) is 0 Å². The minimum Gasteiger partial charge on any atom is -0.383 e. The zero-order valence-corrected chi connectivity index (χ0v) is 11.4. The normalized spacial score (nSPS) is 11.9. The average molecular weight is 295 g/mol.